The molecule has 102 valence electrons. The molecule has 2 aromatic heterocycles. The van der Waals surface area contributed by atoms with Crippen molar-refractivity contribution in [1.82, 2.24) is 0 Å². The monoisotopic (exact) mass is 292 g/mol. The van der Waals surface area contributed by atoms with Gasteiger partial charge >= 0.3 is 0 Å². The van der Waals surface area contributed by atoms with E-state index < -0.39 is 0 Å². The number of benzene rings is 2. The van der Waals surface area contributed by atoms with Crippen LogP contribution in [0.5, 0.6) is 0 Å². The minimum atomic E-state index is 0.0436. The summed E-state index contributed by atoms with van der Waals surface area (Å²) in [6, 6.07) is 15.5. The molecule has 0 fully saturated rings. The summed E-state index contributed by atoms with van der Waals surface area (Å²) < 4.78 is 5.95. The Morgan fingerprint density at radius 1 is 1.00 bits per heavy atom. The molecule has 0 atom stereocenters. The molecule has 0 saturated carbocycles. The molecule has 0 aliphatic carbocycles. The van der Waals surface area contributed by atoms with Gasteiger partial charge in [-0.2, -0.15) is 0 Å². The normalized spacial score (nSPS) is 11.3. The van der Waals surface area contributed by atoms with E-state index in [2.05, 4.69) is 12.1 Å². The first-order chi connectivity index (χ1) is 10.2. The van der Waals surface area contributed by atoms with Crippen molar-refractivity contribution in [2.45, 2.75) is 6.92 Å². The highest BCUT2D eigenvalue weighted by Crippen LogP contribution is 2.30. The fourth-order valence-corrected chi connectivity index (χ4v) is 3.42. The van der Waals surface area contributed by atoms with E-state index in [0.29, 0.717) is 21.9 Å². The van der Waals surface area contributed by atoms with Crippen LogP contribution in [-0.4, -0.2) is 0 Å². The number of hydrogen-bond donors (Lipinski definition) is 0. The van der Waals surface area contributed by atoms with Gasteiger partial charge < -0.3 is 4.42 Å². The zero-order chi connectivity index (χ0) is 14.4. The largest absolute Gasteiger partial charge is 0.456 e. The van der Waals surface area contributed by atoms with Crippen molar-refractivity contribution >= 4 is 33.3 Å². The summed E-state index contributed by atoms with van der Waals surface area (Å²) in [5, 5.41) is 3.36. The SMILES string of the molecule is Cc1cc(-c2cccs2)cc2oc3ccccc3c(=O)c12. The molecular weight excluding hydrogens is 280 g/mol. The van der Waals surface area contributed by atoms with Gasteiger partial charge in [-0.3, -0.25) is 4.79 Å². The molecule has 0 spiro atoms. The number of para-hydroxylation sites is 1. The van der Waals surface area contributed by atoms with Gasteiger partial charge in [-0.05, 0) is 53.8 Å². The van der Waals surface area contributed by atoms with Crippen molar-refractivity contribution in [3.63, 3.8) is 0 Å². The van der Waals surface area contributed by atoms with Crippen LogP contribution >= 0.6 is 11.3 Å². The molecule has 0 aliphatic rings. The Balaban J connectivity index is 2.14. The lowest BCUT2D eigenvalue weighted by atomic mass is 10.0. The predicted molar refractivity (Wildman–Crippen MR) is 88.0 cm³/mol. The zero-order valence-electron chi connectivity index (χ0n) is 11.4. The van der Waals surface area contributed by atoms with Gasteiger partial charge in [0.25, 0.3) is 0 Å². The Kier molecular flexibility index (Phi) is 2.69. The van der Waals surface area contributed by atoms with E-state index >= 15 is 0 Å². The summed E-state index contributed by atoms with van der Waals surface area (Å²) in [6.07, 6.45) is 0. The summed E-state index contributed by atoms with van der Waals surface area (Å²) in [7, 11) is 0. The predicted octanol–water partition coefficient (Wildman–Crippen LogP) is 4.98. The summed E-state index contributed by atoms with van der Waals surface area (Å²) in [4.78, 5) is 13.8. The van der Waals surface area contributed by atoms with Gasteiger partial charge in [0.15, 0.2) is 0 Å². The van der Waals surface area contributed by atoms with E-state index in [1.165, 1.54) is 4.88 Å². The van der Waals surface area contributed by atoms with Crippen molar-refractivity contribution in [2.24, 2.45) is 0 Å². The highest BCUT2D eigenvalue weighted by atomic mass is 32.1. The van der Waals surface area contributed by atoms with Crippen molar-refractivity contribution in [1.29, 1.82) is 0 Å². The molecule has 0 saturated heterocycles. The molecule has 0 unspecified atom stereocenters. The first kappa shape index (κ1) is 12.4. The number of fused-ring (bicyclic) bond motifs is 2. The zero-order valence-corrected chi connectivity index (χ0v) is 12.2. The number of hydrogen-bond acceptors (Lipinski definition) is 3. The van der Waals surface area contributed by atoms with Crippen LogP contribution in [0, 0.1) is 6.92 Å². The molecule has 0 bridgehead atoms. The summed E-state index contributed by atoms with van der Waals surface area (Å²) in [5.41, 5.74) is 3.38. The van der Waals surface area contributed by atoms with Crippen LogP contribution in [0.25, 0.3) is 32.4 Å². The van der Waals surface area contributed by atoms with Crippen LogP contribution in [0.2, 0.25) is 0 Å². The Morgan fingerprint density at radius 2 is 1.86 bits per heavy atom. The number of thiophene rings is 1. The first-order valence-corrected chi connectivity index (χ1v) is 7.62. The third-order valence-corrected chi connectivity index (χ3v) is 4.60. The molecule has 4 aromatic rings. The van der Waals surface area contributed by atoms with Gasteiger partial charge in [0.05, 0.1) is 10.8 Å². The Bertz CT molecular complexity index is 1010. The van der Waals surface area contributed by atoms with Crippen molar-refractivity contribution < 1.29 is 4.42 Å². The molecule has 3 heteroatoms. The summed E-state index contributed by atoms with van der Waals surface area (Å²) in [6.45, 7) is 1.96. The average Bonchev–Trinajstić information content (AvgIpc) is 3.01. The Morgan fingerprint density at radius 3 is 2.67 bits per heavy atom. The number of rotatable bonds is 1. The van der Waals surface area contributed by atoms with E-state index in [0.717, 1.165) is 11.1 Å². The van der Waals surface area contributed by atoms with Crippen molar-refractivity contribution in [3.05, 3.63) is 69.7 Å². The van der Waals surface area contributed by atoms with Gasteiger partial charge in [-0.15, -0.1) is 11.3 Å². The second kappa shape index (κ2) is 4.57. The fraction of sp³-hybridized carbons (Fsp3) is 0.0556. The molecule has 2 heterocycles. The van der Waals surface area contributed by atoms with Crippen LogP contribution in [0.4, 0.5) is 0 Å². The third-order valence-electron chi connectivity index (χ3n) is 3.68. The molecule has 0 N–H and O–H groups in total. The van der Waals surface area contributed by atoms with Gasteiger partial charge in [0.1, 0.15) is 11.2 Å². The van der Waals surface area contributed by atoms with E-state index in [1.807, 2.05) is 48.7 Å². The molecular formula is C18H12O2S. The van der Waals surface area contributed by atoms with Crippen molar-refractivity contribution in [2.75, 3.05) is 0 Å². The number of aryl methyl sites for hydroxylation is 1. The maximum Gasteiger partial charge on any atom is 0.200 e. The lowest BCUT2D eigenvalue weighted by Crippen LogP contribution is -2.03. The third kappa shape index (κ3) is 1.89. The maximum absolute atomic E-state index is 12.6. The topological polar surface area (TPSA) is 30.2 Å². The van der Waals surface area contributed by atoms with Crippen molar-refractivity contribution in [3.8, 4) is 10.4 Å². The minimum Gasteiger partial charge on any atom is -0.456 e. The summed E-state index contributed by atoms with van der Waals surface area (Å²) in [5.74, 6) is 0. The Hall–Kier alpha value is -2.39. The minimum absolute atomic E-state index is 0.0436. The van der Waals surface area contributed by atoms with Crippen LogP contribution in [0.1, 0.15) is 5.56 Å². The molecule has 4 rings (SSSR count). The maximum atomic E-state index is 12.6. The lowest BCUT2D eigenvalue weighted by molar-refractivity contribution is 0.660. The van der Waals surface area contributed by atoms with E-state index in [4.69, 9.17) is 4.42 Å². The van der Waals surface area contributed by atoms with Gasteiger partial charge in [-0.25, -0.2) is 0 Å². The van der Waals surface area contributed by atoms with Gasteiger partial charge in [0, 0.05) is 4.88 Å². The molecule has 0 amide bonds. The second-order valence-electron chi connectivity index (χ2n) is 5.07. The molecule has 2 aromatic carbocycles. The summed E-state index contributed by atoms with van der Waals surface area (Å²) >= 11 is 1.68. The molecule has 0 aliphatic heterocycles. The smallest absolute Gasteiger partial charge is 0.200 e. The van der Waals surface area contributed by atoms with E-state index in [9.17, 15) is 4.79 Å². The second-order valence-corrected chi connectivity index (χ2v) is 6.02. The lowest BCUT2D eigenvalue weighted by Gasteiger charge is -2.06. The van der Waals surface area contributed by atoms with Crippen LogP contribution in [0.3, 0.4) is 0 Å². The van der Waals surface area contributed by atoms with E-state index in [-0.39, 0.29) is 5.43 Å². The molecule has 21 heavy (non-hydrogen) atoms. The molecule has 0 radical (unpaired) electrons. The van der Waals surface area contributed by atoms with Crippen LogP contribution in [0.15, 0.2) is 63.1 Å². The van der Waals surface area contributed by atoms with Crippen LogP contribution < -0.4 is 5.43 Å². The standard InChI is InChI=1S/C18H12O2S/c1-11-9-12(16-7-4-8-21-16)10-15-17(11)18(19)13-5-2-3-6-14(13)20-15/h2-10H,1H3. The highest BCUT2D eigenvalue weighted by molar-refractivity contribution is 7.13. The van der Waals surface area contributed by atoms with Gasteiger partial charge in [-0.1, -0.05) is 18.2 Å². The van der Waals surface area contributed by atoms with Gasteiger partial charge in [0.2, 0.25) is 5.43 Å². The fourth-order valence-electron chi connectivity index (χ4n) is 2.71. The Labute approximate surface area is 125 Å². The quantitative estimate of drug-likeness (QED) is 0.463. The first-order valence-electron chi connectivity index (χ1n) is 6.74. The van der Waals surface area contributed by atoms with E-state index in [1.54, 1.807) is 11.3 Å². The van der Waals surface area contributed by atoms with Crippen LogP contribution in [-0.2, 0) is 0 Å². The average molecular weight is 292 g/mol. The highest BCUT2D eigenvalue weighted by Gasteiger charge is 2.11. The molecule has 2 nitrogen and oxygen atoms in total.